The predicted molar refractivity (Wildman–Crippen MR) is 138 cm³/mol. The SMILES string of the molecule is CCN(CC)C(=O)COc1ccc(-c2nnc(Nc3cc(C)ccc3C)c3ccccc23)cc1. The van der Waals surface area contributed by atoms with E-state index in [-0.39, 0.29) is 12.5 Å². The zero-order valence-corrected chi connectivity index (χ0v) is 20.1. The summed E-state index contributed by atoms with van der Waals surface area (Å²) < 4.78 is 5.70. The Balaban J connectivity index is 1.59. The molecule has 0 fully saturated rings. The quantitative estimate of drug-likeness (QED) is 0.359. The van der Waals surface area contributed by atoms with Crippen LogP contribution < -0.4 is 10.1 Å². The molecule has 0 saturated carbocycles. The fourth-order valence-corrected chi connectivity index (χ4v) is 3.93. The Hall–Kier alpha value is -3.93. The molecule has 1 heterocycles. The fraction of sp³-hybridized carbons (Fsp3) is 0.250. The lowest BCUT2D eigenvalue weighted by atomic mass is 10.0. The van der Waals surface area contributed by atoms with Crippen molar-refractivity contribution in [1.82, 2.24) is 15.1 Å². The molecule has 0 atom stereocenters. The molecule has 1 amide bonds. The number of ether oxygens (including phenoxy) is 1. The number of nitrogens with one attached hydrogen (secondary N) is 1. The molecule has 0 radical (unpaired) electrons. The van der Waals surface area contributed by atoms with Crippen LogP contribution in [0.15, 0.2) is 66.7 Å². The standard InChI is InChI=1S/C28H30N4O2/c1-5-32(6-2)26(33)18-34-22-15-13-21(14-16-22)27-23-9-7-8-10-24(23)28(31-30-27)29-25-17-19(3)11-12-20(25)4/h7-17H,5-6,18H2,1-4H3,(H,29,31). The van der Waals surface area contributed by atoms with Crippen LogP contribution >= 0.6 is 0 Å². The third-order valence-corrected chi connectivity index (χ3v) is 5.94. The predicted octanol–water partition coefficient (Wildman–Crippen LogP) is 5.90. The first kappa shape index (κ1) is 23.2. The van der Waals surface area contributed by atoms with Gasteiger partial charge < -0.3 is 15.0 Å². The summed E-state index contributed by atoms with van der Waals surface area (Å²) in [6.45, 7) is 9.46. The largest absolute Gasteiger partial charge is 0.484 e. The van der Waals surface area contributed by atoms with Crippen molar-refractivity contribution >= 4 is 28.2 Å². The van der Waals surface area contributed by atoms with Gasteiger partial charge in [0.25, 0.3) is 5.91 Å². The van der Waals surface area contributed by atoms with E-state index in [9.17, 15) is 4.79 Å². The van der Waals surface area contributed by atoms with Crippen molar-refractivity contribution in [3.8, 4) is 17.0 Å². The van der Waals surface area contributed by atoms with Crippen LogP contribution in [0.25, 0.3) is 22.0 Å². The lowest BCUT2D eigenvalue weighted by Crippen LogP contribution is -2.34. The normalized spacial score (nSPS) is 10.8. The van der Waals surface area contributed by atoms with Gasteiger partial charge >= 0.3 is 0 Å². The van der Waals surface area contributed by atoms with Gasteiger partial charge in [-0.1, -0.05) is 36.4 Å². The van der Waals surface area contributed by atoms with E-state index in [1.807, 2.05) is 50.2 Å². The van der Waals surface area contributed by atoms with Gasteiger partial charge in [0.2, 0.25) is 0 Å². The molecule has 4 aromatic rings. The first-order chi connectivity index (χ1) is 16.5. The number of fused-ring (bicyclic) bond motifs is 1. The first-order valence-electron chi connectivity index (χ1n) is 11.6. The number of benzene rings is 3. The molecule has 34 heavy (non-hydrogen) atoms. The Morgan fingerprint density at radius 2 is 1.62 bits per heavy atom. The van der Waals surface area contributed by atoms with E-state index < -0.39 is 0 Å². The molecule has 6 nitrogen and oxygen atoms in total. The second kappa shape index (κ2) is 10.3. The van der Waals surface area contributed by atoms with Crippen LogP contribution in [0, 0.1) is 13.8 Å². The molecule has 1 N–H and O–H groups in total. The maximum Gasteiger partial charge on any atom is 0.260 e. The highest BCUT2D eigenvalue weighted by Gasteiger charge is 2.13. The molecule has 0 bridgehead atoms. The highest BCUT2D eigenvalue weighted by atomic mass is 16.5. The Kier molecular flexibility index (Phi) is 7.07. The van der Waals surface area contributed by atoms with Crippen molar-refractivity contribution in [2.24, 2.45) is 0 Å². The van der Waals surface area contributed by atoms with Gasteiger partial charge in [0.05, 0.1) is 0 Å². The van der Waals surface area contributed by atoms with Gasteiger partial charge in [-0.15, -0.1) is 10.2 Å². The van der Waals surface area contributed by atoms with Gasteiger partial charge in [-0.25, -0.2) is 0 Å². The number of anilines is 2. The number of carbonyl (C=O) groups excluding carboxylic acids is 1. The summed E-state index contributed by atoms with van der Waals surface area (Å²) in [5, 5.41) is 14.6. The van der Waals surface area contributed by atoms with Crippen LogP contribution in [-0.4, -0.2) is 40.7 Å². The number of nitrogens with zero attached hydrogens (tertiary/aromatic N) is 3. The minimum atomic E-state index is -0.0159. The summed E-state index contributed by atoms with van der Waals surface area (Å²) in [6, 6.07) is 22.1. The smallest absolute Gasteiger partial charge is 0.260 e. The third kappa shape index (κ3) is 5.01. The molecular weight excluding hydrogens is 424 g/mol. The molecule has 0 aliphatic carbocycles. The van der Waals surface area contributed by atoms with Crippen LogP contribution in [0.1, 0.15) is 25.0 Å². The van der Waals surface area contributed by atoms with Crippen molar-refractivity contribution in [3.63, 3.8) is 0 Å². The summed E-state index contributed by atoms with van der Waals surface area (Å²) in [4.78, 5) is 13.9. The highest BCUT2D eigenvalue weighted by Crippen LogP contribution is 2.32. The molecule has 4 rings (SSSR count). The first-order valence-corrected chi connectivity index (χ1v) is 11.6. The summed E-state index contributed by atoms with van der Waals surface area (Å²) in [6.07, 6.45) is 0. The van der Waals surface area contributed by atoms with E-state index >= 15 is 0 Å². The Labute approximate surface area is 200 Å². The van der Waals surface area contributed by atoms with Gasteiger partial charge in [0.1, 0.15) is 11.4 Å². The molecule has 6 heteroatoms. The average Bonchev–Trinajstić information content (AvgIpc) is 2.86. The van der Waals surface area contributed by atoms with Crippen LogP contribution in [0.2, 0.25) is 0 Å². The molecule has 0 unspecified atom stereocenters. The second-order valence-corrected chi connectivity index (χ2v) is 8.27. The summed E-state index contributed by atoms with van der Waals surface area (Å²) >= 11 is 0. The van der Waals surface area contributed by atoms with Crippen LogP contribution in [0.3, 0.4) is 0 Å². The number of aryl methyl sites for hydroxylation is 2. The minimum absolute atomic E-state index is 0.0159. The fourth-order valence-electron chi connectivity index (χ4n) is 3.93. The number of hydrogen-bond acceptors (Lipinski definition) is 5. The van der Waals surface area contributed by atoms with Gasteiger partial charge in [0.15, 0.2) is 12.4 Å². The maximum absolute atomic E-state index is 12.2. The van der Waals surface area contributed by atoms with Gasteiger partial charge in [-0.05, 0) is 69.2 Å². The van der Waals surface area contributed by atoms with E-state index in [1.54, 1.807) is 4.90 Å². The highest BCUT2D eigenvalue weighted by molar-refractivity contribution is 6.01. The zero-order valence-electron chi connectivity index (χ0n) is 20.1. The van der Waals surface area contributed by atoms with Gasteiger partial charge in [-0.3, -0.25) is 4.79 Å². The summed E-state index contributed by atoms with van der Waals surface area (Å²) in [7, 11) is 0. The monoisotopic (exact) mass is 454 g/mol. The van der Waals surface area contributed by atoms with Crippen molar-refractivity contribution in [2.75, 3.05) is 25.0 Å². The topological polar surface area (TPSA) is 67.4 Å². The Morgan fingerprint density at radius 1 is 0.912 bits per heavy atom. The van der Waals surface area contributed by atoms with E-state index in [0.29, 0.717) is 18.8 Å². The molecule has 0 saturated heterocycles. The van der Waals surface area contributed by atoms with E-state index in [1.165, 1.54) is 5.56 Å². The molecule has 174 valence electrons. The molecule has 0 aliphatic rings. The number of carbonyl (C=O) groups is 1. The molecular formula is C28H30N4O2. The maximum atomic E-state index is 12.2. The van der Waals surface area contributed by atoms with Gasteiger partial charge in [-0.2, -0.15) is 0 Å². The Morgan fingerprint density at radius 3 is 2.32 bits per heavy atom. The Bertz CT molecular complexity index is 1300. The van der Waals surface area contributed by atoms with Crippen LogP contribution in [0.4, 0.5) is 11.5 Å². The van der Waals surface area contributed by atoms with Crippen LogP contribution in [-0.2, 0) is 4.79 Å². The molecule has 0 aliphatic heterocycles. The zero-order chi connectivity index (χ0) is 24.1. The molecule has 1 aromatic heterocycles. The van der Waals surface area contributed by atoms with Gasteiger partial charge in [0, 0.05) is 35.1 Å². The van der Waals surface area contributed by atoms with Crippen molar-refractivity contribution in [2.45, 2.75) is 27.7 Å². The number of hydrogen-bond donors (Lipinski definition) is 1. The average molecular weight is 455 g/mol. The van der Waals surface area contributed by atoms with Crippen molar-refractivity contribution in [3.05, 3.63) is 77.9 Å². The lowest BCUT2D eigenvalue weighted by Gasteiger charge is -2.18. The van der Waals surface area contributed by atoms with E-state index in [0.717, 1.165) is 39.1 Å². The van der Waals surface area contributed by atoms with E-state index in [4.69, 9.17) is 4.74 Å². The molecule has 0 spiro atoms. The third-order valence-electron chi connectivity index (χ3n) is 5.94. The van der Waals surface area contributed by atoms with Crippen molar-refractivity contribution in [1.29, 1.82) is 0 Å². The number of rotatable bonds is 8. The second-order valence-electron chi connectivity index (χ2n) is 8.27. The van der Waals surface area contributed by atoms with E-state index in [2.05, 4.69) is 59.7 Å². The lowest BCUT2D eigenvalue weighted by molar-refractivity contribution is -0.132. The number of likely N-dealkylation sites (N-methyl/N-ethyl adjacent to an activating group) is 1. The van der Waals surface area contributed by atoms with Crippen molar-refractivity contribution < 1.29 is 9.53 Å². The number of amides is 1. The number of aromatic nitrogens is 2. The summed E-state index contributed by atoms with van der Waals surface area (Å²) in [5.41, 5.74) is 5.09. The summed E-state index contributed by atoms with van der Waals surface area (Å²) in [5.74, 6) is 1.36. The molecule has 3 aromatic carbocycles. The minimum Gasteiger partial charge on any atom is -0.484 e. The van der Waals surface area contributed by atoms with Crippen LogP contribution in [0.5, 0.6) is 5.75 Å².